The van der Waals surface area contributed by atoms with Gasteiger partial charge in [0.05, 0.1) is 0 Å². The summed E-state index contributed by atoms with van der Waals surface area (Å²) in [5.74, 6) is 1.18. The molecule has 0 saturated carbocycles. The first-order valence-corrected chi connectivity index (χ1v) is 7.78. The molecule has 1 N–H and O–H groups in total. The Balaban J connectivity index is 1.53. The minimum atomic E-state index is -0.114. The average molecular weight is 297 g/mol. The van der Waals surface area contributed by atoms with Crippen LogP contribution in [0, 0.1) is 5.92 Å². The molecule has 0 radical (unpaired) electrons. The molecule has 2 aromatic rings. The topological polar surface area (TPSA) is 58.4 Å². The van der Waals surface area contributed by atoms with Gasteiger partial charge in [-0.3, -0.25) is 9.78 Å². The summed E-state index contributed by atoms with van der Waals surface area (Å²) in [6.07, 6.45) is 5.68. The molecule has 0 spiro atoms. The first kappa shape index (κ1) is 13.5. The van der Waals surface area contributed by atoms with E-state index in [0.29, 0.717) is 23.0 Å². The van der Waals surface area contributed by atoms with Gasteiger partial charge in [-0.25, -0.2) is 0 Å². The highest BCUT2D eigenvalue weighted by molar-refractivity contribution is 5.95. The molecule has 0 aliphatic carbocycles. The molecule has 114 valence electrons. The number of aromatic nitrogens is 1. The Bertz CT molecular complexity index is 729. The van der Waals surface area contributed by atoms with Crippen LogP contribution in [0.1, 0.15) is 29.1 Å². The highest BCUT2D eigenvalue weighted by Crippen LogP contribution is 2.27. The number of fused-ring (bicyclic) bond motifs is 4. The summed E-state index contributed by atoms with van der Waals surface area (Å²) >= 11 is 0. The average Bonchev–Trinajstić information content (AvgIpc) is 2.98. The fourth-order valence-corrected chi connectivity index (χ4v) is 3.55. The quantitative estimate of drug-likeness (QED) is 0.944. The third kappa shape index (κ3) is 2.31. The SMILES string of the molecule is C=Cc1cc2cnc(C(=O)N[C@H]3CN4CCC3CC4)cc2o1. The molecule has 3 aliphatic heterocycles. The normalized spacial score (nSPS) is 27.0. The lowest BCUT2D eigenvalue weighted by Crippen LogP contribution is -2.57. The highest BCUT2D eigenvalue weighted by Gasteiger charge is 2.35. The number of amides is 1. The molecule has 3 saturated heterocycles. The zero-order valence-electron chi connectivity index (χ0n) is 12.4. The number of nitrogens with zero attached hydrogens (tertiary/aromatic N) is 2. The number of carbonyl (C=O) groups is 1. The summed E-state index contributed by atoms with van der Waals surface area (Å²) in [7, 11) is 0. The van der Waals surface area contributed by atoms with Crippen molar-refractivity contribution in [2.45, 2.75) is 18.9 Å². The molecule has 5 rings (SSSR count). The Morgan fingerprint density at radius 3 is 2.91 bits per heavy atom. The zero-order chi connectivity index (χ0) is 15.1. The zero-order valence-corrected chi connectivity index (χ0v) is 12.4. The van der Waals surface area contributed by atoms with Crippen molar-refractivity contribution in [3.8, 4) is 0 Å². The van der Waals surface area contributed by atoms with E-state index in [1.165, 1.54) is 12.8 Å². The Kier molecular flexibility index (Phi) is 3.22. The van der Waals surface area contributed by atoms with E-state index in [1.54, 1.807) is 18.3 Å². The van der Waals surface area contributed by atoms with Crippen LogP contribution in [0.5, 0.6) is 0 Å². The van der Waals surface area contributed by atoms with Crippen LogP contribution in [-0.2, 0) is 0 Å². The maximum absolute atomic E-state index is 12.5. The van der Waals surface area contributed by atoms with E-state index in [1.807, 2.05) is 6.07 Å². The van der Waals surface area contributed by atoms with Gasteiger partial charge in [0.2, 0.25) is 0 Å². The highest BCUT2D eigenvalue weighted by atomic mass is 16.3. The van der Waals surface area contributed by atoms with Gasteiger partial charge in [0.1, 0.15) is 17.0 Å². The number of rotatable bonds is 3. The van der Waals surface area contributed by atoms with Crippen LogP contribution in [-0.4, -0.2) is 41.5 Å². The molecule has 5 nitrogen and oxygen atoms in total. The van der Waals surface area contributed by atoms with Crippen LogP contribution in [0.3, 0.4) is 0 Å². The number of nitrogens with one attached hydrogen (secondary N) is 1. The van der Waals surface area contributed by atoms with E-state index in [4.69, 9.17) is 4.42 Å². The van der Waals surface area contributed by atoms with Crippen LogP contribution >= 0.6 is 0 Å². The Morgan fingerprint density at radius 1 is 1.41 bits per heavy atom. The van der Waals surface area contributed by atoms with E-state index in [2.05, 4.69) is 21.8 Å². The van der Waals surface area contributed by atoms with Gasteiger partial charge in [0, 0.05) is 30.2 Å². The number of hydrogen-bond donors (Lipinski definition) is 1. The fraction of sp³-hybridized carbons (Fsp3) is 0.412. The smallest absolute Gasteiger partial charge is 0.270 e. The lowest BCUT2D eigenvalue weighted by molar-refractivity contribution is 0.0618. The molecule has 3 aliphatic rings. The molecule has 1 amide bonds. The van der Waals surface area contributed by atoms with Crippen molar-refractivity contribution < 1.29 is 9.21 Å². The van der Waals surface area contributed by atoms with Crippen molar-refractivity contribution in [1.29, 1.82) is 0 Å². The lowest BCUT2D eigenvalue weighted by Gasteiger charge is -2.44. The summed E-state index contributed by atoms with van der Waals surface area (Å²) in [5.41, 5.74) is 1.08. The summed E-state index contributed by atoms with van der Waals surface area (Å²) in [5, 5.41) is 4.03. The molecular weight excluding hydrogens is 278 g/mol. The molecular formula is C17H19N3O2. The summed E-state index contributed by atoms with van der Waals surface area (Å²) in [4.78, 5) is 19.1. The molecule has 0 unspecified atom stereocenters. The van der Waals surface area contributed by atoms with E-state index in [0.717, 1.165) is 25.0 Å². The first-order chi connectivity index (χ1) is 10.7. The number of piperidine rings is 3. The van der Waals surface area contributed by atoms with E-state index < -0.39 is 0 Å². The lowest BCUT2D eigenvalue weighted by atomic mass is 9.84. The monoisotopic (exact) mass is 297 g/mol. The third-order valence-corrected chi connectivity index (χ3v) is 4.83. The van der Waals surface area contributed by atoms with Crippen molar-refractivity contribution >= 4 is 23.0 Å². The summed E-state index contributed by atoms with van der Waals surface area (Å²) in [6, 6.07) is 3.82. The minimum Gasteiger partial charge on any atom is -0.457 e. The van der Waals surface area contributed by atoms with Crippen molar-refractivity contribution in [2.75, 3.05) is 19.6 Å². The molecule has 2 aromatic heterocycles. The second-order valence-electron chi connectivity index (χ2n) is 6.18. The van der Waals surface area contributed by atoms with Gasteiger partial charge < -0.3 is 14.6 Å². The maximum Gasteiger partial charge on any atom is 0.270 e. The molecule has 5 heterocycles. The van der Waals surface area contributed by atoms with Crippen molar-refractivity contribution in [3.05, 3.63) is 36.4 Å². The van der Waals surface area contributed by atoms with Crippen LogP contribution in [0.4, 0.5) is 0 Å². The van der Waals surface area contributed by atoms with Crippen LogP contribution < -0.4 is 5.32 Å². The standard InChI is InChI=1S/C17H19N3O2/c1-2-13-7-12-9-18-14(8-16(12)22-13)17(21)19-15-10-20-5-3-11(15)4-6-20/h2,7-9,11,15H,1,3-6,10H2,(H,19,21)/t15-/m0/s1. The molecule has 3 fully saturated rings. The third-order valence-electron chi connectivity index (χ3n) is 4.83. The Morgan fingerprint density at radius 2 is 2.23 bits per heavy atom. The number of carbonyl (C=O) groups excluding carboxylic acids is 1. The maximum atomic E-state index is 12.5. The molecule has 0 aromatic carbocycles. The van der Waals surface area contributed by atoms with Gasteiger partial charge in [-0.1, -0.05) is 6.58 Å². The van der Waals surface area contributed by atoms with Gasteiger partial charge in [0.15, 0.2) is 0 Å². The predicted octanol–water partition coefficient (Wildman–Crippen LogP) is 2.29. The van der Waals surface area contributed by atoms with Crippen molar-refractivity contribution in [3.63, 3.8) is 0 Å². The van der Waals surface area contributed by atoms with Crippen LogP contribution in [0.15, 0.2) is 29.3 Å². The number of hydrogen-bond acceptors (Lipinski definition) is 4. The van der Waals surface area contributed by atoms with Gasteiger partial charge in [0.25, 0.3) is 5.91 Å². The Labute approximate surface area is 129 Å². The molecule has 1 atom stereocenters. The predicted molar refractivity (Wildman–Crippen MR) is 84.5 cm³/mol. The molecule has 2 bridgehead atoms. The van der Waals surface area contributed by atoms with Crippen LogP contribution in [0.2, 0.25) is 0 Å². The van der Waals surface area contributed by atoms with Crippen molar-refractivity contribution in [1.82, 2.24) is 15.2 Å². The van der Waals surface area contributed by atoms with E-state index >= 15 is 0 Å². The number of furan rings is 1. The summed E-state index contributed by atoms with van der Waals surface area (Å²) in [6.45, 7) is 6.97. The van der Waals surface area contributed by atoms with Gasteiger partial charge in [-0.05, 0) is 44.0 Å². The fourth-order valence-electron chi connectivity index (χ4n) is 3.55. The largest absolute Gasteiger partial charge is 0.457 e. The van der Waals surface area contributed by atoms with Crippen molar-refractivity contribution in [2.24, 2.45) is 5.92 Å². The second-order valence-corrected chi connectivity index (χ2v) is 6.18. The first-order valence-electron chi connectivity index (χ1n) is 7.78. The summed E-state index contributed by atoms with van der Waals surface area (Å²) < 4.78 is 5.60. The van der Waals surface area contributed by atoms with Gasteiger partial charge in [-0.15, -0.1) is 0 Å². The van der Waals surface area contributed by atoms with E-state index in [9.17, 15) is 4.79 Å². The van der Waals surface area contributed by atoms with Gasteiger partial charge in [-0.2, -0.15) is 0 Å². The van der Waals surface area contributed by atoms with E-state index in [-0.39, 0.29) is 11.9 Å². The van der Waals surface area contributed by atoms with Gasteiger partial charge >= 0.3 is 0 Å². The Hall–Kier alpha value is -2.14. The minimum absolute atomic E-state index is 0.114. The molecule has 5 heteroatoms. The number of pyridine rings is 1. The van der Waals surface area contributed by atoms with Crippen LogP contribution in [0.25, 0.3) is 17.0 Å². The second kappa shape index (κ2) is 5.25. The molecule has 22 heavy (non-hydrogen) atoms.